The Kier molecular flexibility index (Phi) is 7.19. The van der Waals surface area contributed by atoms with Crippen molar-refractivity contribution < 1.29 is 19.1 Å². The van der Waals surface area contributed by atoms with Crippen LogP contribution >= 0.6 is 34.9 Å². The molecule has 0 radical (unpaired) electrons. The lowest BCUT2D eigenvalue weighted by atomic mass is 10.1. The van der Waals surface area contributed by atoms with E-state index >= 15 is 0 Å². The fraction of sp³-hybridized carbons (Fsp3) is 0.375. The number of halogens is 2. The number of hydrogen-bond acceptors (Lipinski definition) is 7. The van der Waals surface area contributed by atoms with Gasteiger partial charge in [0.25, 0.3) is 5.88 Å². The van der Waals surface area contributed by atoms with Gasteiger partial charge in [-0.3, -0.25) is 0 Å². The zero-order valence-corrected chi connectivity index (χ0v) is 16.7. The van der Waals surface area contributed by atoms with Crippen molar-refractivity contribution in [2.45, 2.75) is 20.3 Å². The molecule has 10 heteroatoms. The van der Waals surface area contributed by atoms with Gasteiger partial charge >= 0.3 is 12.1 Å². The van der Waals surface area contributed by atoms with Crippen molar-refractivity contribution in [1.29, 1.82) is 0 Å². The van der Waals surface area contributed by atoms with Crippen LogP contribution in [0.25, 0.3) is 11.3 Å². The standard InChI is InChI=1S/C16H17Cl2N3O4S/c1-4-8-21(3)16(23)25-14-13(19-26-20-14)11-10(17)7-6-9(12(11)18)15(22)24-5-2/h6-7H,4-5,8H2,1-3H3. The third-order valence-corrected chi connectivity index (χ3v) is 4.56. The summed E-state index contributed by atoms with van der Waals surface area (Å²) in [6.07, 6.45) is 0.210. The molecule has 0 fully saturated rings. The summed E-state index contributed by atoms with van der Waals surface area (Å²) < 4.78 is 18.4. The molecule has 1 amide bonds. The van der Waals surface area contributed by atoms with Crippen LogP contribution < -0.4 is 4.74 Å². The van der Waals surface area contributed by atoms with Crippen LogP contribution in [0.3, 0.4) is 0 Å². The van der Waals surface area contributed by atoms with E-state index in [2.05, 4.69) is 8.75 Å². The van der Waals surface area contributed by atoms with Gasteiger partial charge in [-0.25, -0.2) is 9.59 Å². The molecule has 0 bridgehead atoms. The monoisotopic (exact) mass is 417 g/mol. The van der Waals surface area contributed by atoms with E-state index in [1.165, 1.54) is 17.0 Å². The number of aromatic nitrogens is 2. The predicted molar refractivity (Wildman–Crippen MR) is 100 cm³/mol. The highest BCUT2D eigenvalue weighted by Gasteiger charge is 2.25. The van der Waals surface area contributed by atoms with E-state index in [0.29, 0.717) is 6.54 Å². The number of hydrogen-bond donors (Lipinski definition) is 0. The number of nitrogens with zero attached hydrogens (tertiary/aromatic N) is 3. The first-order valence-corrected chi connectivity index (χ1v) is 9.30. The summed E-state index contributed by atoms with van der Waals surface area (Å²) in [5.74, 6) is -0.604. The van der Waals surface area contributed by atoms with E-state index in [0.717, 1.165) is 18.1 Å². The van der Waals surface area contributed by atoms with Crippen LogP contribution in [0, 0.1) is 0 Å². The Morgan fingerprint density at radius 1 is 1.23 bits per heavy atom. The molecular formula is C16H17Cl2N3O4S. The first-order chi connectivity index (χ1) is 12.4. The first-order valence-electron chi connectivity index (χ1n) is 7.81. The first kappa shape index (κ1) is 20.4. The number of carbonyl (C=O) groups is 2. The minimum atomic E-state index is -0.583. The van der Waals surface area contributed by atoms with E-state index in [1.807, 2.05) is 6.92 Å². The van der Waals surface area contributed by atoms with Crippen molar-refractivity contribution in [2.75, 3.05) is 20.2 Å². The van der Waals surface area contributed by atoms with Gasteiger partial charge in [0, 0.05) is 19.2 Å². The summed E-state index contributed by atoms with van der Waals surface area (Å²) in [5.41, 5.74) is 0.587. The van der Waals surface area contributed by atoms with Gasteiger partial charge < -0.3 is 14.4 Å². The summed E-state index contributed by atoms with van der Waals surface area (Å²) in [7, 11) is 1.62. The van der Waals surface area contributed by atoms with Crippen LogP contribution in [0.4, 0.5) is 4.79 Å². The Morgan fingerprint density at radius 3 is 2.62 bits per heavy atom. The van der Waals surface area contributed by atoms with Crippen LogP contribution in [0.2, 0.25) is 10.0 Å². The van der Waals surface area contributed by atoms with Gasteiger partial charge in [-0.1, -0.05) is 30.1 Å². The highest BCUT2D eigenvalue weighted by molar-refractivity contribution is 6.99. The molecule has 7 nitrogen and oxygen atoms in total. The molecule has 0 aliphatic carbocycles. The molecule has 0 saturated heterocycles. The molecule has 26 heavy (non-hydrogen) atoms. The van der Waals surface area contributed by atoms with Crippen molar-refractivity contribution in [3.05, 3.63) is 27.7 Å². The number of carbonyl (C=O) groups excluding carboxylic acids is 2. The average Bonchev–Trinajstić information content (AvgIpc) is 3.03. The Balaban J connectivity index is 2.41. The molecule has 1 aromatic heterocycles. The van der Waals surface area contributed by atoms with Crippen LogP contribution in [0.5, 0.6) is 5.88 Å². The SMILES string of the molecule is CCCN(C)C(=O)Oc1nsnc1-c1c(Cl)ccc(C(=O)OCC)c1Cl. The molecule has 140 valence electrons. The molecule has 0 unspecified atom stereocenters. The number of esters is 1. The van der Waals surface area contributed by atoms with Gasteiger partial charge in [0.1, 0.15) is 0 Å². The van der Waals surface area contributed by atoms with Crippen LogP contribution in [0.15, 0.2) is 12.1 Å². The fourth-order valence-electron chi connectivity index (χ4n) is 2.12. The topological polar surface area (TPSA) is 81.6 Å². The van der Waals surface area contributed by atoms with Gasteiger partial charge in [-0.15, -0.1) is 4.37 Å². The highest BCUT2D eigenvalue weighted by Crippen LogP contribution is 2.40. The van der Waals surface area contributed by atoms with Crippen LogP contribution in [0.1, 0.15) is 30.6 Å². The molecule has 0 aliphatic heterocycles. The lowest BCUT2D eigenvalue weighted by Gasteiger charge is -2.15. The molecule has 0 atom stereocenters. The van der Waals surface area contributed by atoms with Crippen molar-refractivity contribution in [3.63, 3.8) is 0 Å². The maximum absolute atomic E-state index is 12.1. The van der Waals surface area contributed by atoms with Crippen molar-refractivity contribution in [2.24, 2.45) is 0 Å². The fourth-order valence-corrected chi connectivity index (χ4v) is 3.24. The highest BCUT2D eigenvalue weighted by atomic mass is 35.5. The third kappa shape index (κ3) is 4.44. The molecule has 2 rings (SSSR count). The average molecular weight is 418 g/mol. The van der Waals surface area contributed by atoms with Crippen molar-refractivity contribution >= 4 is 47.0 Å². The maximum Gasteiger partial charge on any atom is 0.416 e. The van der Waals surface area contributed by atoms with Crippen LogP contribution in [-0.4, -0.2) is 45.9 Å². The van der Waals surface area contributed by atoms with Crippen LogP contribution in [-0.2, 0) is 4.74 Å². The predicted octanol–water partition coefficient (Wildman–Crippen LogP) is 4.53. The van der Waals surface area contributed by atoms with Crippen molar-refractivity contribution in [1.82, 2.24) is 13.6 Å². The Morgan fingerprint density at radius 2 is 1.96 bits per heavy atom. The summed E-state index contributed by atoms with van der Waals surface area (Å²) >= 11 is 13.4. The molecule has 0 saturated carbocycles. The minimum absolute atomic E-state index is 0.0206. The van der Waals surface area contributed by atoms with Gasteiger partial charge in [0.15, 0.2) is 5.69 Å². The second-order valence-corrected chi connectivity index (χ2v) is 6.53. The molecule has 1 heterocycles. The van der Waals surface area contributed by atoms with E-state index in [9.17, 15) is 9.59 Å². The second kappa shape index (κ2) is 9.16. The largest absolute Gasteiger partial charge is 0.462 e. The Hall–Kier alpha value is -1.90. The van der Waals surface area contributed by atoms with Gasteiger partial charge in [0.2, 0.25) is 0 Å². The molecule has 1 aromatic carbocycles. The van der Waals surface area contributed by atoms with E-state index in [-0.39, 0.29) is 39.4 Å². The smallest absolute Gasteiger partial charge is 0.416 e. The maximum atomic E-state index is 12.1. The normalized spacial score (nSPS) is 10.5. The number of rotatable bonds is 6. The lowest BCUT2D eigenvalue weighted by molar-refractivity contribution is 0.0526. The Bertz CT molecular complexity index is 813. The molecular weight excluding hydrogens is 401 g/mol. The molecule has 0 aliphatic rings. The zero-order chi connectivity index (χ0) is 19.3. The van der Waals surface area contributed by atoms with E-state index in [4.69, 9.17) is 32.7 Å². The second-order valence-electron chi connectivity index (χ2n) is 5.21. The molecule has 0 spiro atoms. The summed E-state index contributed by atoms with van der Waals surface area (Å²) in [5, 5.41) is 0.304. The van der Waals surface area contributed by atoms with Gasteiger partial charge in [-0.05, 0) is 25.5 Å². The van der Waals surface area contributed by atoms with Gasteiger partial charge in [-0.2, -0.15) is 4.37 Å². The Labute approximate surface area is 165 Å². The number of amides is 1. The summed E-state index contributed by atoms with van der Waals surface area (Å²) in [6.45, 7) is 4.38. The zero-order valence-electron chi connectivity index (χ0n) is 14.4. The molecule has 2 aromatic rings. The quantitative estimate of drug-likeness (QED) is 0.642. The van der Waals surface area contributed by atoms with E-state index < -0.39 is 12.1 Å². The molecule has 0 N–H and O–H groups in total. The third-order valence-electron chi connectivity index (χ3n) is 3.34. The van der Waals surface area contributed by atoms with Crippen molar-refractivity contribution in [3.8, 4) is 17.1 Å². The minimum Gasteiger partial charge on any atom is -0.462 e. The number of benzene rings is 1. The summed E-state index contributed by atoms with van der Waals surface area (Å²) in [4.78, 5) is 25.6. The van der Waals surface area contributed by atoms with Gasteiger partial charge in [0.05, 0.1) is 33.9 Å². The summed E-state index contributed by atoms with van der Waals surface area (Å²) in [6, 6.07) is 2.97. The number of ether oxygens (including phenoxy) is 2. The van der Waals surface area contributed by atoms with E-state index in [1.54, 1.807) is 14.0 Å². The lowest BCUT2D eigenvalue weighted by Crippen LogP contribution is -2.30.